The van der Waals surface area contributed by atoms with Gasteiger partial charge in [-0.05, 0) is 67.9 Å². The molecule has 35 heavy (non-hydrogen) atoms. The number of aromatic nitrogens is 1. The van der Waals surface area contributed by atoms with Gasteiger partial charge in [0.2, 0.25) is 12.3 Å². The van der Waals surface area contributed by atoms with Crippen LogP contribution in [0.3, 0.4) is 0 Å². The number of likely N-dealkylation sites (tertiary alicyclic amines) is 1. The van der Waals surface area contributed by atoms with E-state index in [1.807, 2.05) is 42.5 Å². The monoisotopic (exact) mass is 475 g/mol. The van der Waals surface area contributed by atoms with Gasteiger partial charge < -0.3 is 9.64 Å². The number of carbonyl (C=O) groups excluding carboxylic acids is 2. The summed E-state index contributed by atoms with van der Waals surface area (Å²) in [6, 6.07) is 18.3. The predicted octanol–water partition coefficient (Wildman–Crippen LogP) is 4.30. The number of aryl methyl sites for hydroxylation is 1. The zero-order chi connectivity index (χ0) is 24.6. The lowest BCUT2D eigenvalue weighted by Crippen LogP contribution is -2.21. The summed E-state index contributed by atoms with van der Waals surface area (Å²) in [5, 5.41) is 9.82. The number of nitrogens with one attached hydrogen (secondary N) is 1. The zero-order valence-corrected chi connectivity index (χ0v) is 20.2. The Labute approximate surface area is 206 Å². The number of rotatable bonds is 8. The van der Waals surface area contributed by atoms with Gasteiger partial charge in [-0.3, -0.25) is 19.8 Å². The van der Waals surface area contributed by atoms with Crippen LogP contribution in [-0.2, 0) is 29.0 Å². The van der Waals surface area contributed by atoms with Gasteiger partial charge in [0.05, 0.1) is 5.52 Å². The van der Waals surface area contributed by atoms with Crippen LogP contribution in [-0.4, -0.2) is 40.5 Å². The average molecular weight is 476 g/mol. The van der Waals surface area contributed by atoms with Crippen molar-refractivity contribution in [2.24, 2.45) is 11.8 Å². The number of carbonyl (C=O) groups is 2. The quantitative estimate of drug-likeness (QED) is 0.288. The van der Waals surface area contributed by atoms with E-state index in [-0.39, 0.29) is 11.8 Å². The van der Waals surface area contributed by atoms with E-state index >= 15 is 0 Å². The number of ether oxygens (including phenoxy) is 1. The lowest BCUT2D eigenvalue weighted by atomic mass is 10.1. The molecule has 1 saturated heterocycles. The normalized spacial score (nSPS) is 18.5. The highest BCUT2D eigenvalue weighted by atomic mass is 16.5. The van der Waals surface area contributed by atoms with Crippen molar-refractivity contribution >= 4 is 23.2 Å². The molecular formula is C28H33N3O4. The Morgan fingerprint density at radius 3 is 2.57 bits per heavy atom. The maximum Gasteiger partial charge on any atom is 0.246 e. The van der Waals surface area contributed by atoms with Crippen LogP contribution in [0.1, 0.15) is 43.0 Å². The molecule has 2 N–H and O–H groups in total. The lowest BCUT2D eigenvalue weighted by Gasteiger charge is -2.11. The largest absolute Gasteiger partial charge is 0.489 e. The fourth-order valence-electron chi connectivity index (χ4n) is 4.52. The van der Waals surface area contributed by atoms with Crippen LogP contribution in [0, 0.1) is 11.8 Å². The van der Waals surface area contributed by atoms with Crippen LogP contribution in [0.2, 0.25) is 0 Å². The number of nitrogens with zero attached hydrogens (tertiary/aromatic N) is 2. The van der Waals surface area contributed by atoms with Gasteiger partial charge in [-0.25, -0.2) is 5.48 Å². The molecule has 7 heteroatoms. The van der Waals surface area contributed by atoms with Crippen LogP contribution in [0.4, 0.5) is 0 Å². The van der Waals surface area contributed by atoms with Gasteiger partial charge in [0.25, 0.3) is 0 Å². The van der Waals surface area contributed by atoms with Crippen LogP contribution in [0.25, 0.3) is 10.9 Å². The Balaban J connectivity index is 0.000000356. The molecule has 2 aromatic carbocycles. The van der Waals surface area contributed by atoms with E-state index in [1.165, 1.54) is 18.4 Å². The molecule has 2 heterocycles. The smallest absolute Gasteiger partial charge is 0.246 e. The third kappa shape index (κ3) is 6.57. The van der Waals surface area contributed by atoms with Gasteiger partial charge in [-0.1, -0.05) is 37.3 Å². The first-order valence-corrected chi connectivity index (χ1v) is 12.3. The molecule has 1 aliphatic carbocycles. The van der Waals surface area contributed by atoms with Gasteiger partial charge in [0, 0.05) is 35.7 Å². The Hall–Kier alpha value is -3.45. The van der Waals surface area contributed by atoms with E-state index in [2.05, 4.69) is 24.0 Å². The van der Waals surface area contributed by atoms with Crippen molar-refractivity contribution in [2.75, 3.05) is 13.1 Å². The molecule has 2 fully saturated rings. The number of hydrogen-bond acceptors (Lipinski definition) is 5. The molecule has 1 aromatic heterocycles. The summed E-state index contributed by atoms with van der Waals surface area (Å²) in [4.78, 5) is 27.8. The van der Waals surface area contributed by atoms with Crippen molar-refractivity contribution in [1.82, 2.24) is 15.4 Å². The summed E-state index contributed by atoms with van der Waals surface area (Å²) >= 11 is 0. The third-order valence-electron chi connectivity index (χ3n) is 6.69. The highest BCUT2D eigenvalue weighted by Gasteiger charge is 2.42. The summed E-state index contributed by atoms with van der Waals surface area (Å²) in [6.45, 7) is 4.55. The second-order valence-electron chi connectivity index (χ2n) is 9.21. The molecule has 0 bridgehead atoms. The van der Waals surface area contributed by atoms with Crippen LogP contribution in [0.5, 0.6) is 5.75 Å². The van der Waals surface area contributed by atoms with Gasteiger partial charge in [0.15, 0.2) is 0 Å². The summed E-state index contributed by atoms with van der Waals surface area (Å²) in [5.41, 5.74) is 6.13. The Morgan fingerprint density at radius 1 is 1.17 bits per heavy atom. The first-order valence-electron chi connectivity index (χ1n) is 12.3. The molecule has 2 aliphatic rings. The van der Waals surface area contributed by atoms with E-state index in [1.54, 1.807) is 10.4 Å². The van der Waals surface area contributed by atoms with E-state index < -0.39 is 0 Å². The minimum Gasteiger partial charge on any atom is -0.489 e. The fourth-order valence-corrected chi connectivity index (χ4v) is 4.52. The van der Waals surface area contributed by atoms with Crippen LogP contribution >= 0.6 is 0 Å². The summed E-state index contributed by atoms with van der Waals surface area (Å²) in [6.07, 6.45) is 5.88. The molecule has 1 aliphatic heterocycles. The van der Waals surface area contributed by atoms with Crippen molar-refractivity contribution in [3.8, 4) is 5.75 Å². The van der Waals surface area contributed by atoms with Gasteiger partial charge in [-0.2, -0.15) is 0 Å². The SMILES string of the molecule is CCc1cc(COc2ccc(CC3CC3C(=O)NO)cc2)c2ccccc2n1.O=CN1CCCC1. The number of fused-ring (bicyclic) bond motifs is 1. The highest BCUT2D eigenvalue weighted by molar-refractivity contribution is 5.82. The van der Waals surface area contributed by atoms with Crippen molar-refractivity contribution in [3.63, 3.8) is 0 Å². The second kappa shape index (κ2) is 11.8. The average Bonchev–Trinajstić information content (AvgIpc) is 3.45. The number of para-hydroxylation sites is 1. The van der Waals surface area contributed by atoms with Crippen molar-refractivity contribution < 1.29 is 19.5 Å². The van der Waals surface area contributed by atoms with Crippen molar-refractivity contribution in [1.29, 1.82) is 0 Å². The van der Waals surface area contributed by atoms with Crippen LogP contribution < -0.4 is 10.2 Å². The first-order chi connectivity index (χ1) is 17.1. The maximum atomic E-state index is 11.4. The molecule has 0 spiro atoms. The topological polar surface area (TPSA) is 91.8 Å². The van der Waals surface area contributed by atoms with E-state index in [0.29, 0.717) is 12.5 Å². The molecule has 0 radical (unpaired) electrons. The highest BCUT2D eigenvalue weighted by Crippen LogP contribution is 2.41. The number of benzene rings is 2. The van der Waals surface area contributed by atoms with E-state index in [4.69, 9.17) is 9.94 Å². The second-order valence-corrected chi connectivity index (χ2v) is 9.21. The number of hydroxylamine groups is 1. The Bertz CT molecular complexity index is 1140. The summed E-state index contributed by atoms with van der Waals surface area (Å²) < 4.78 is 6.03. The molecule has 3 aromatic rings. The van der Waals surface area contributed by atoms with Gasteiger partial charge >= 0.3 is 0 Å². The minimum absolute atomic E-state index is 0.0614. The molecule has 7 nitrogen and oxygen atoms in total. The standard InChI is InChI=1S/C23H24N2O3.C5H9NO/c1-2-18-12-17(20-5-3-4-6-22(20)24-18)14-28-19-9-7-15(8-10-19)11-16-13-21(16)23(26)25-27;7-5-6-3-1-2-4-6/h3-10,12,16,21,27H,2,11,13-14H2,1H3,(H,25,26);5H,1-4H2. The third-order valence-corrected chi connectivity index (χ3v) is 6.69. The molecule has 1 saturated carbocycles. The van der Waals surface area contributed by atoms with Crippen molar-refractivity contribution in [3.05, 3.63) is 71.4 Å². The van der Waals surface area contributed by atoms with E-state index in [9.17, 15) is 9.59 Å². The predicted molar refractivity (Wildman–Crippen MR) is 134 cm³/mol. The first kappa shape index (κ1) is 24.7. The molecule has 2 unspecified atom stereocenters. The van der Waals surface area contributed by atoms with E-state index in [0.717, 1.165) is 66.7 Å². The number of amides is 2. The molecule has 2 atom stereocenters. The Kier molecular flexibility index (Phi) is 8.32. The van der Waals surface area contributed by atoms with Gasteiger partial charge in [-0.15, -0.1) is 0 Å². The summed E-state index contributed by atoms with van der Waals surface area (Å²) in [5.74, 6) is 0.798. The lowest BCUT2D eigenvalue weighted by molar-refractivity contribution is -0.130. The number of hydrogen-bond donors (Lipinski definition) is 2. The fraction of sp³-hybridized carbons (Fsp3) is 0.393. The van der Waals surface area contributed by atoms with Crippen LogP contribution in [0.15, 0.2) is 54.6 Å². The molecule has 2 amide bonds. The molecule has 5 rings (SSSR count). The van der Waals surface area contributed by atoms with Gasteiger partial charge in [0.1, 0.15) is 12.4 Å². The molecule has 184 valence electrons. The van der Waals surface area contributed by atoms with Crippen molar-refractivity contribution in [2.45, 2.75) is 45.6 Å². The minimum atomic E-state index is -0.277. The summed E-state index contributed by atoms with van der Waals surface area (Å²) in [7, 11) is 0. The molecular weight excluding hydrogens is 442 g/mol. The zero-order valence-electron chi connectivity index (χ0n) is 20.2. The maximum absolute atomic E-state index is 11.4. The Morgan fingerprint density at radius 2 is 1.91 bits per heavy atom. The number of pyridine rings is 1.